The average Bonchev–Trinajstić information content (AvgIpc) is 2.34. The lowest BCUT2D eigenvalue weighted by Gasteiger charge is -2.03. The van der Waals surface area contributed by atoms with Crippen molar-refractivity contribution in [1.29, 1.82) is 0 Å². The summed E-state index contributed by atoms with van der Waals surface area (Å²) in [5, 5.41) is 3.35. The molecule has 0 aliphatic rings. The number of carbonyl (C=O) groups excluding carboxylic acids is 1. The number of ether oxygens (including phenoxy) is 1. The third kappa shape index (κ3) is 1.98. The van der Waals surface area contributed by atoms with Gasteiger partial charge in [0.2, 0.25) is 5.76 Å². The number of carbonyl (C=O) groups is 1. The van der Waals surface area contributed by atoms with Crippen molar-refractivity contribution in [3.8, 4) is 0 Å². The van der Waals surface area contributed by atoms with Crippen LogP contribution in [-0.4, -0.2) is 17.2 Å². The van der Waals surface area contributed by atoms with Crippen molar-refractivity contribution in [3.63, 3.8) is 0 Å². The summed E-state index contributed by atoms with van der Waals surface area (Å²) in [6.45, 7) is 3.50. The zero-order chi connectivity index (χ0) is 9.14. The maximum Gasteiger partial charge on any atom is 0.377 e. The van der Waals surface area contributed by atoms with E-state index in [1.165, 1.54) is 6.07 Å². The van der Waals surface area contributed by atoms with Crippen molar-refractivity contribution in [2.24, 2.45) is 0 Å². The van der Waals surface area contributed by atoms with E-state index in [1.54, 1.807) is 13.8 Å². The van der Waals surface area contributed by atoms with Gasteiger partial charge in [0.1, 0.15) is 0 Å². The van der Waals surface area contributed by atoms with Crippen LogP contribution in [0.15, 0.2) is 10.6 Å². The number of rotatable bonds is 2. The van der Waals surface area contributed by atoms with Crippen LogP contribution < -0.4 is 5.73 Å². The summed E-state index contributed by atoms with van der Waals surface area (Å²) in [4.78, 5) is 11.1. The molecule has 0 fully saturated rings. The summed E-state index contributed by atoms with van der Waals surface area (Å²) in [7, 11) is 0. The van der Waals surface area contributed by atoms with Crippen molar-refractivity contribution >= 4 is 11.8 Å². The molecule has 5 nitrogen and oxygen atoms in total. The fourth-order valence-electron chi connectivity index (χ4n) is 0.657. The Balaban J connectivity index is 2.65. The van der Waals surface area contributed by atoms with Gasteiger partial charge in [0.05, 0.1) is 6.10 Å². The molecule has 0 bridgehead atoms. The number of nitrogens with zero attached hydrogens (tertiary/aromatic N) is 1. The molecule has 0 radical (unpaired) electrons. The van der Waals surface area contributed by atoms with Gasteiger partial charge in [-0.05, 0) is 13.8 Å². The first-order valence-electron chi connectivity index (χ1n) is 3.52. The van der Waals surface area contributed by atoms with Gasteiger partial charge in [-0.1, -0.05) is 5.16 Å². The van der Waals surface area contributed by atoms with E-state index in [-0.39, 0.29) is 17.7 Å². The summed E-state index contributed by atoms with van der Waals surface area (Å²) < 4.78 is 9.40. The van der Waals surface area contributed by atoms with Gasteiger partial charge < -0.3 is 15.0 Å². The molecule has 0 saturated heterocycles. The second-order valence-electron chi connectivity index (χ2n) is 2.57. The molecule has 12 heavy (non-hydrogen) atoms. The fraction of sp³-hybridized carbons (Fsp3) is 0.429. The van der Waals surface area contributed by atoms with E-state index in [0.717, 1.165) is 0 Å². The minimum atomic E-state index is -0.547. The molecule has 0 atom stereocenters. The Kier molecular flexibility index (Phi) is 2.32. The molecule has 1 rings (SSSR count). The third-order valence-corrected chi connectivity index (χ3v) is 1.07. The summed E-state index contributed by atoms with van der Waals surface area (Å²) in [6, 6.07) is 1.32. The number of esters is 1. The molecular formula is C7H10N2O3. The normalized spacial score (nSPS) is 10.2. The second kappa shape index (κ2) is 3.25. The van der Waals surface area contributed by atoms with Crippen LogP contribution >= 0.6 is 0 Å². The first-order valence-corrected chi connectivity index (χ1v) is 3.52. The van der Waals surface area contributed by atoms with Gasteiger partial charge in [-0.15, -0.1) is 0 Å². The highest BCUT2D eigenvalue weighted by Crippen LogP contribution is 2.07. The van der Waals surface area contributed by atoms with Gasteiger partial charge in [-0.3, -0.25) is 0 Å². The van der Waals surface area contributed by atoms with E-state index >= 15 is 0 Å². The molecule has 66 valence electrons. The number of hydrogen-bond donors (Lipinski definition) is 1. The molecule has 0 amide bonds. The van der Waals surface area contributed by atoms with Gasteiger partial charge in [0, 0.05) is 6.07 Å². The fourth-order valence-corrected chi connectivity index (χ4v) is 0.657. The lowest BCUT2D eigenvalue weighted by atomic mass is 10.4. The van der Waals surface area contributed by atoms with Crippen LogP contribution in [0.5, 0.6) is 0 Å². The van der Waals surface area contributed by atoms with Crippen molar-refractivity contribution in [1.82, 2.24) is 5.16 Å². The number of nitrogen functional groups attached to an aromatic ring is 1. The van der Waals surface area contributed by atoms with Crippen molar-refractivity contribution in [3.05, 3.63) is 11.8 Å². The van der Waals surface area contributed by atoms with Crippen LogP contribution in [0.2, 0.25) is 0 Å². The maximum absolute atomic E-state index is 11.1. The third-order valence-electron chi connectivity index (χ3n) is 1.07. The quantitative estimate of drug-likeness (QED) is 0.665. The molecule has 1 aromatic heterocycles. The van der Waals surface area contributed by atoms with Crippen molar-refractivity contribution in [2.45, 2.75) is 20.0 Å². The van der Waals surface area contributed by atoms with Crippen LogP contribution in [0, 0.1) is 0 Å². The lowest BCUT2D eigenvalue weighted by molar-refractivity contribution is 0.0331. The Morgan fingerprint density at radius 1 is 1.75 bits per heavy atom. The number of anilines is 1. The molecule has 0 aliphatic heterocycles. The molecule has 0 aliphatic carbocycles. The monoisotopic (exact) mass is 170 g/mol. The van der Waals surface area contributed by atoms with Gasteiger partial charge >= 0.3 is 5.97 Å². The largest absolute Gasteiger partial charge is 0.457 e. The molecule has 1 aromatic rings. The van der Waals surface area contributed by atoms with Crippen LogP contribution in [0.4, 0.5) is 5.82 Å². The molecule has 2 N–H and O–H groups in total. The molecular weight excluding hydrogens is 160 g/mol. The first-order chi connectivity index (χ1) is 5.59. The van der Waals surface area contributed by atoms with Gasteiger partial charge in [-0.25, -0.2) is 4.79 Å². The lowest BCUT2D eigenvalue weighted by Crippen LogP contribution is -2.10. The first kappa shape index (κ1) is 8.58. The minimum absolute atomic E-state index is 0.0289. The number of aromatic nitrogens is 1. The van der Waals surface area contributed by atoms with Gasteiger partial charge in [0.15, 0.2) is 5.82 Å². The molecule has 0 unspecified atom stereocenters. The van der Waals surface area contributed by atoms with E-state index in [4.69, 9.17) is 10.5 Å². The van der Waals surface area contributed by atoms with E-state index in [2.05, 4.69) is 9.68 Å². The van der Waals surface area contributed by atoms with Gasteiger partial charge in [0.25, 0.3) is 0 Å². The summed E-state index contributed by atoms with van der Waals surface area (Å²) in [5.74, 6) is -0.346. The van der Waals surface area contributed by atoms with E-state index < -0.39 is 5.97 Å². The molecule has 0 saturated carbocycles. The van der Waals surface area contributed by atoms with E-state index in [1.807, 2.05) is 0 Å². The molecule has 0 spiro atoms. The molecule has 0 aromatic carbocycles. The standard InChI is InChI=1S/C7H10N2O3/c1-4(2)11-7(10)5-3-6(8)9-12-5/h3-4H,1-2H3,(H2,8,9). The maximum atomic E-state index is 11.1. The Labute approximate surface area is 69.5 Å². The summed E-state index contributed by atoms with van der Waals surface area (Å²) in [5.41, 5.74) is 5.23. The Morgan fingerprint density at radius 3 is 2.83 bits per heavy atom. The van der Waals surface area contributed by atoms with E-state index in [0.29, 0.717) is 0 Å². The van der Waals surface area contributed by atoms with Crippen molar-refractivity contribution in [2.75, 3.05) is 5.73 Å². The number of hydrogen-bond acceptors (Lipinski definition) is 5. The van der Waals surface area contributed by atoms with Crippen LogP contribution in [-0.2, 0) is 4.74 Å². The highest BCUT2D eigenvalue weighted by Gasteiger charge is 2.14. The Hall–Kier alpha value is -1.52. The predicted molar refractivity (Wildman–Crippen MR) is 41.5 cm³/mol. The van der Waals surface area contributed by atoms with Crippen LogP contribution in [0.25, 0.3) is 0 Å². The van der Waals surface area contributed by atoms with E-state index in [9.17, 15) is 4.79 Å². The van der Waals surface area contributed by atoms with Crippen molar-refractivity contribution < 1.29 is 14.1 Å². The summed E-state index contributed by atoms with van der Waals surface area (Å²) >= 11 is 0. The SMILES string of the molecule is CC(C)OC(=O)c1cc(N)no1. The zero-order valence-corrected chi connectivity index (χ0v) is 6.90. The van der Waals surface area contributed by atoms with Crippen LogP contribution in [0.1, 0.15) is 24.4 Å². The van der Waals surface area contributed by atoms with Crippen LogP contribution in [0.3, 0.4) is 0 Å². The molecule has 1 heterocycles. The van der Waals surface area contributed by atoms with Gasteiger partial charge in [-0.2, -0.15) is 0 Å². The smallest absolute Gasteiger partial charge is 0.377 e. The average molecular weight is 170 g/mol. The number of nitrogens with two attached hydrogens (primary N) is 1. The minimum Gasteiger partial charge on any atom is -0.457 e. The highest BCUT2D eigenvalue weighted by molar-refractivity contribution is 5.86. The highest BCUT2D eigenvalue weighted by atomic mass is 16.6. The predicted octanol–water partition coefficient (Wildman–Crippen LogP) is 0.822. The summed E-state index contributed by atoms with van der Waals surface area (Å²) in [6.07, 6.45) is -0.177. The zero-order valence-electron chi connectivity index (χ0n) is 6.90. The Bertz CT molecular complexity index is 280. The molecule has 5 heteroatoms. The Morgan fingerprint density at radius 2 is 2.42 bits per heavy atom. The second-order valence-corrected chi connectivity index (χ2v) is 2.57. The topological polar surface area (TPSA) is 78.4 Å².